The lowest BCUT2D eigenvalue weighted by atomic mass is 9.91. The molecule has 1 unspecified atom stereocenters. The lowest BCUT2D eigenvalue weighted by molar-refractivity contribution is -0.118. The number of carbonyl (C=O) groups is 1. The summed E-state index contributed by atoms with van der Waals surface area (Å²) >= 11 is 0. The fourth-order valence-corrected chi connectivity index (χ4v) is 3.59. The molecule has 2 aromatic rings. The van der Waals surface area contributed by atoms with E-state index in [0.29, 0.717) is 11.6 Å². The lowest BCUT2D eigenvalue weighted by Gasteiger charge is -2.28. The maximum absolute atomic E-state index is 12.9. The van der Waals surface area contributed by atoms with Gasteiger partial charge in [0.2, 0.25) is 11.8 Å². The largest absolute Gasteiger partial charge is 0.437 e. The number of halogens is 1. The maximum Gasteiger partial charge on any atom is 0.229 e. The average Bonchev–Trinajstić information content (AvgIpc) is 3.39. The number of likely N-dealkylation sites (tertiary alicyclic amines) is 1. The van der Waals surface area contributed by atoms with Gasteiger partial charge in [-0.1, -0.05) is 0 Å². The summed E-state index contributed by atoms with van der Waals surface area (Å²) in [6.45, 7) is 1.45. The number of nitrogens with zero attached hydrogens (tertiary/aromatic N) is 4. The third-order valence-corrected chi connectivity index (χ3v) is 5.32. The summed E-state index contributed by atoms with van der Waals surface area (Å²) in [5.41, 5.74) is 0.0503. The van der Waals surface area contributed by atoms with E-state index in [2.05, 4.69) is 21.5 Å². The van der Waals surface area contributed by atoms with E-state index in [0.717, 1.165) is 38.5 Å². The highest BCUT2D eigenvalue weighted by Crippen LogP contribution is 2.59. The van der Waals surface area contributed by atoms with Crippen LogP contribution in [0.4, 0.5) is 10.2 Å². The van der Waals surface area contributed by atoms with Crippen molar-refractivity contribution < 1.29 is 13.9 Å². The van der Waals surface area contributed by atoms with E-state index in [1.54, 1.807) is 17.0 Å². The van der Waals surface area contributed by atoms with Crippen LogP contribution in [0.5, 0.6) is 11.6 Å². The van der Waals surface area contributed by atoms with E-state index in [9.17, 15) is 9.18 Å². The molecule has 0 radical (unpaired) electrons. The summed E-state index contributed by atoms with van der Waals surface area (Å²) in [5, 5.41) is 11.8. The molecular weight excluding hydrogens is 349 g/mol. The fraction of sp³-hybridized carbons (Fsp3) is 0.368. The summed E-state index contributed by atoms with van der Waals surface area (Å²) in [5.74, 6) is 0.685. The first-order valence-corrected chi connectivity index (χ1v) is 8.79. The first-order chi connectivity index (χ1) is 13.1. The Labute approximate surface area is 155 Å². The summed E-state index contributed by atoms with van der Waals surface area (Å²) in [4.78, 5) is 22.3. The van der Waals surface area contributed by atoms with Crippen molar-refractivity contribution in [2.75, 3.05) is 18.4 Å². The van der Waals surface area contributed by atoms with E-state index < -0.39 is 5.82 Å². The van der Waals surface area contributed by atoms with E-state index in [-0.39, 0.29) is 23.1 Å². The average molecular weight is 367 g/mol. The van der Waals surface area contributed by atoms with Gasteiger partial charge in [0.15, 0.2) is 6.19 Å². The molecule has 1 spiro atoms. The standard InChI is InChI=1S/C19H18FN5O2/c20-13-1-4-17(23-10-13)27-14-2-3-16(22-11-14)24-18(26)15-9-19(15)5-7-25(12-21)8-6-19/h1-4,10-11,15H,5-9H2,(H,22,24,26). The van der Waals surface area contributed by atoms with Crippen molar-refractivity contribution in [3.05, 3.63) is 42.5 Å². The minimum Gasteiger partial charge on any atom is -0.437 e. The van der Waals surface area contributed by atoms with Crippen molar-refractivity contribution in [3.8, 4) is 17.8 Å². The van der Waals surface area contributed by atoms with Crippen LogP contribution in [0.15, 0.2) is 36.7 Å². The van der Waals surface area contributed by atoms with E-state index in [1.807, 2.05) is 0 Å². The Kier molecular flexibility index (Phi) is 4.36. The minimum atomic E-state index is -0.435. The second-order valence-corrected chi connectivity index (χ2v) is 6.99. The van der Waals surface area contributed by atoms with Crippen LogP contribution in [-0.4, -0.2) is 33.9 Å². The van der Waals surface area contributed by atoms with E-state index in [4.69, 9.17) is 10.00 Å². The number of rotatable bonds is 4. The molecule has 0 aromatic carbocycles. The van der Waals surface area contributed by atoms with Crippen molar-refractivity contribution in [1.29, 1.82) is 5.26 Å². The van der Waals surface area contributed by atoms with E-state index >= 15 is 0 Å². The Morgan fingerprint density at radius 3 is 2.70 bits per heavy atom. The zero-order valence-corrected chi connectivity index (χ0v) is 14.6. The summed E-state index contributed by atoms with van der Waals surface area (Å²) in [6, 6.07) is 6.01. The highest BCUT2D eigenvalue weighted by Gasteiger charge is 2.58. The van der Waals surface area contributed by atoms with Crippen LogP contribution in [-0.2, 0) is 4.79 Å². The van der Waals surface area contributed by atoms with Crippen molar-refractivity contribution >= 4 is 11.7 Å². The van der Waals surface area contributed by atoms with Crippen LogP contribution >= 0.6 is 0 Å². The highest BCUT2D eigenvalue weighted by molar-refractivity contribution is 5.94. The van der Waals surface area contributed by atoms with Crippen LogP contribution in [0.2, 0.25) is 0 Å². The molecule has 8 heteroatoms. The molecule has 0 bridgehead atoms. The monoisotopic (exact) mass is 367 g/mol. The Hall–Kier alpha value is -3.21. The number of piperidine rings is 1. The van der Waals surface area contributed by atoms with Crippen LogP contribution in [0, 0.1) is 28.6 Å². The van der Waals surface area contributed by atoms with Gasteiger partial charge in [0.25, 0.3) is 0 Å². The fourth-order valence-electron chi connectivity index (χ4n) is 3.59. The smallest absolute Gasteiger partial charge is 0.229 e. The molecule has 4 rings (SSSR count). The molecular formula is C19H18FN5O2. The Balaban J connectivity index is 1.32. The first kappa shape index (κ1) is 17.2. The third kappa shape index (κ3) is 3.67. The molecule has 2 aliphatic rings. The first-order valence-electron chi connectivity index (χ1n) is 8.79. The van der Waals surface area contributed by atoms with Crippen molar-refractivity contribution in [3.63, 3.8) is 0 Å². The number of aromatic nitrogens is 2. The molecule has 1 aliphatic heterocycles. The summed E-state index contributed by atoms with van der Waals surface area (Å²) in [7, 11) is 0. The number of hydrogen-bond acceptors (Lipinski definition) is 6. The molecule has 2 aromatic heterocycles. The predicted octanol–water partition coefficient (Wildman–Crippen LogP) is 2.93. The zero-order chi connectivity index (χ0) is 18.9. The van der Waals surface area contributed by atoms with Crippen LogP contribution < -0.4 is 10.1 Å². The van der Waals surface area contributed by atoms with E-state index in [1.165, 1.54) is 18.3 Å². The number of ether oxygens (including phenoxy) is 1. The molecule has 1 N–H and O–H groups in total. The molecule has 7 nitrogen and oxygen atoms in total. The molecule has 3 heterocycles. The molecule has 1 atom stereocenters. The number of nitrogens with one attached hydrogen (secondary N) is 1. The second kappa shape index (κ2) is 6.83. The van der Waals surface area contributed by atoms with Gasteiger partial charge in [-0.25, -0.2) is 14.4 Å². The van der Waals surface area contributed by atoms with Crippen LogP contribution in [0.25, 0.3) is 0 Å². The van der Waals surface area contributed by atoms with Gasteiger partial charge in [0.1, 0.15) is 17.4 Å². The van der Waals surface area contributed by atoms with Crippen molar-refractivity contribution in [1.82, 2.24) is 14.9 Å². The van der Waals surface area contributed by atoms with Gasteiger partial charge < -0.3 is 15.0 Å². The lowest BCUT2D eigenvalue weighted by Crippen LogP contribution is -2.33. The zero-order valence-electron chi connectivity index (χ0n) is 14.6. The quantitative estimate of drug-likeness (QED) is 0.836. The highest BCUT2D eigenvalue weighted by atomic mass is 19.1. The topological polar surface area (TPSA) is 91.1 Å². The number of hydrogen-bond donors (Lipinski definition) is 1. The molecule has 1 amide bonds. The summed E-state index contributed by atoms with van der Waals surface area (Å²) < 4.78 is 18.3. The summed E-state index contributed by atoms with van der Waals surface area (Å²) in [6.07, 6.45) is 7.35. The normalized spacial score (nSPS) is 20.0. The third-order valence-electron chi connectivity index (χ3n) is 5.32. The Bertz CT molecular complexity index is 870. The van der Waals surface area contributed by atoms with Gasteiger partial charge in [-0.3, -0.25) is 4.79 Å². The molecule has 2 fully saturated rings. The predicted molar refractivity (Wildman–Crippen MR) is 94.1 cm³/mol. The number of amides is 1. The van der Waals surface area contributed by atoms with Crippen LogP contribution in [0.3, 0.4) is 0 Å². The Morgan fingerprint density at radius 1 is 1.26 bits per heavy atom. The molecule has 1 aliphatic carbocycles. The number of anilines is 1. The van der Waals surface area contributed by atoms with Gasteiger partial charge in [-0.05, 0) is 42.9 Å². The molecule has 1 saturated heterocycles. The van der Waals surface area contributed by atoms with Crippen LogP contribution in [0.1, 0.15) is 19.3 Å². The molecule has 138 valence electrons. The van der Waals surface area contributed by atoms with Gasteiger partial charge >= 0.3 is 0 Å². The Morgan fingerprint density at radius 2 is 2.07 bits per heavy atom. The number of carbonyl (C=O) groups excluding carboxylic acids is 1. The van der Waals surface area contributed by atoms with Gasteiger partial charge in [-0.2, -0.15) is 5.26 Å². The van der Waals surface area contributed by atoms with Gasteiger partial charge in [0.05, 0.1) is 12.4 Å². The molecule has 27 heavy (non-hydrogen) atoms. The minimum absolute atomic E-state index is 0.0144. The van der Waals surface area contributed by atoms with Gasteiger partial charge in [-0.15, -0.1) is 0 Å². The van der Waals surface area contributed by atoms with Crippen molar-refractivity contribution in [2.24, 2.45) is 11.3 Å². The van der Waals surface area contributed by atoms with Crippen molar-refractivity contribution in [2.45, 2.75) is 19.3 Å². The second-order valence-electron chi connectivity index (χ2n) is 6.99. The number of nitriles is 1. The molecule has 1 saturated carbocycles. The van der Waals surface area contributed by atoms with Gasteiger partial charge in [0, 0.05) is 25.1 Å². The number of pyridine rings is 2. The SMILES string of the molecule is N#CN1CCC2(CC1)CC2C(=O)Nc1ccc(Oc2ccc(F)cn2)cn1. The maximum atomic E-state index is 12.9.